The number of hydrogen-bond acceptors (Lipinski definition) is 4. The van der Waals surface area contributed by atoms with E-state index < -0.39 is 0 Å². The monoisotopic (exact) mass is 375 g/mol. The topological polar surface area (TPSA) is 89.0 Å². The van der Waals surface area contributed by atoms with Crippen molar-refractivity contribution < 1.29 is 9.90 Å². The van der Waals surface area contributed by atoms with Gasteiger partial charge in [-0.15, -0.1) is 0 Å². The lowest BCUT2D eigenvalue weighted by atomic mass is 10.1. The molecule has 1 aliphatic rings. The zero-order valence-corrected chi connectivity index (χ0v) is 16.8. The van der Waals surface area contributed by atoms with Crippen LogP contribution >= 0.6 is 0 Å². The molecule has 2 unspecified atom stereocenters. The van der Waals surface area contributed by atoms with Crippen LogP contribution in [0, 0.1) is 5.92 Å². The number of aromatic hydroxyl groups is 1. The van der Waals surface area contributed by atoms with Gasteiger partial charge in [-0.3, -0.25) is 14.7 Å². The summed E-state index contributed by atoms with van der Waals surface area (Å²) in [5, 5.41) is 19.3. The second-order valence-corrected chi connectivity index (χ2v) is 7.31. The van der Waals surface area contributed by atoms with Crippen LogP contribution in [0.15, 0.2) is 29.3 Å². The number of hydrogen-bond donors (Lipinski definition) is 4. The van der Waals surface area contributed by atoms with Gasteiger partial charge in [0, 0.05) is 38.3 Å². The molecule has 4 N–H and O–H groups in total. The van der Waals surface area contributed by atoms with Gasteiger partial charge in [0.2, 0.25) is 0 Å². The number of nitrogens with one attached hydrogen (secondary N) is 3. The van der Waals surface area contributed by atoms with Crippen molar-refractivity contribution in [1.82, 2.24) is 20.9 Å². The maximum absolute atomic E-state index is 12.1. The number of aliphatic imine (C=N–C) groups is 1. The molecular formula is C20H33N5O2. The Kier molecular flexibility index (Phi) is 7.91. The summed E-state index contributed by atoms with van der Waals surface area (Å²) in [6.07, 6.45) is 0. The largest absolute Gasteiger partial charge is 0.507 e. The molecule has 0 radical (unpaired) electrons. The smallest absolute Gasteiger partial charge is 0.255 e. The highest BCUT2D eigenvalue weighted by atomic mass is 16.3. The van der Waals surface area contributed by atoms with Crippen molar-refractivity contribution in [3.05, 3.63) is 29.8 Å². The zero-order chi connectivity index (χ0) is 19.8. The van der Waals surface area contributed by atoms with Crippen LogP contribution < -0.4 is 16.0 Å². The lowest BCUT2D eigenvalue weighted by Gasteiger charge is -2.22. The zero-order valence-electron chi connectivity index (χ0n) is 16.8. The minimum Gasteiger partial charge on any atom is -0.507 e. The molecule has 0 aromatic heterocycles. The standard InChI is InChI=1S/C20H33N5O2/c1-5-21-20(24-17-13-25(14(2)3)12-15(17)4)23-11-10-22-19(27)16-8-6-7-9-18(16)26/h6-9,14-15,17,26H,5,10-13H2,1-4H3,(H,22,27)(H2,21,23,24). The van der Waals surface area contributed by atoms with Gasteiger partial charge in [0.1, 0.15) is 5.75 Å². The third kappa shape index (κ3) is 6.13. The molecule has 7 heteroatoms. The molecule has 0 spiro atoms. The van der Waals surface area contributed by atoms with Crippen LogP contribution in [0.2, 0.25) is 0 Å². The number of nitrogens with zero attached hydrogens (tertiary/aromatic N) is 2. The number of carbonyl (C=O) groups is 1. The van der Waals surface area contributed by atoms with Gasteiger partial charge in [-0.25, -0.2) is 0 Å². The molecule has 2 atom stereocenters. The summed E-state index contributed by atoms with van der Waals surface area (Å²) in [5.74, 6) is 1.02. The van der Waals surface area contributed by atoms with E-state index in [0.717, 1.165) is 25.6 Å². The van der Waals surface area contributed by atoms with E-state index in [0.29, 0.717) is 31.1 Å². The molecule has 1 fully saturated rings. The molecule has 150 valence electrons. The summed E-state index contributed by atoms with van der Waals surface area (Å²) in [5.41, 5.74) is 0.278. The number of amides is 1. The van der Waals surface area contributed by atoms with Gasteiger partial charge in [0.25, 0.3) is 5.91 Å². The maximum Gasteiger partial charge on any atom is 0.255 e. The Morgan fingerprint density at radius 3 is 2.67 bits per heavy atom. The molecular weight excluding hydrogens is 342 g/mol. The highest BCUT2D eigenvalue weighted by Gasteiger charge is 2.31. The highest BCUT2D eigenvalue weighted by molar-refractivity contribution is 5.96. The second-order valence-electron chi connectivity index (χ2n) is 7.31. The summed E-state index contributed by atoms with van der Waals surface area (Å²) in [6, 6.07) is 7.42. The Bertz CT molecular complexity index is 647. The Morgan fingerprint density at radius 1 is 1.30 bits per heavy atom. The van der Waals surface area contributed by atoms with E-state index in [4.69, 9.17) is 0 Å². The molecule has 1 aliphatic heterocycles. The van der Waals surface area contributed by atoms with E-state index in [1.807, 2.05) is 6.92 Å². The normalized spacial score (nSPS) is 20.7. The molecule has 27 heavy (non-hydrogen) atoms. The molecule has 0 bridgehead atoms. The first-order valence-electron chi connectivity index (χ1n) is 9.77. The van der Waals surface area contributed by atoms with Crippen molar-refractivity contribution >= 4 is 11.9 Å². The Balaban J connectivity index is 1.85. The predicted molar refractivity (Wildman–Crippen MR) is 109 cm³/mol. The van der Waals surface area contributed by atoms with Gasteiger partial charge in [0.15, 0.2) is 5.96 Å². The van der Waals surface area contributed by atoms with Crippen molar-refractivity contribution in [2.75, 3.05) is 32.7 Å². The Labute approximate surface area is 162 Å². The van der Waals surface area contributed by atoms with Gasteiger partial charge >= 0.3 is 0 Å². The number of phenolic OH excluding ortho intramolecular Hbond substituents is 1. The minimum atomic E-state index is -0.293. The van der Waals surface area contributed by atoms with Crippen molar-refractivity contribution in [2.45, 2.75) is 39.8 Å². The van der Waals surface area contributed by atoms with E-state index in [1.54, 1.807) is 18.2 Å². The van der Waals surface area contributed by atoms with E-state index in [9.17, 15) is 9.90 Å². The van der Waals surface area contributed by atoms with Crippen molar-refractivity contribution in [3.8, 4) is 5.75 Å². The van der Waals surface area contributed by atoms with Gasteiger partial charge in [-0.2, -0.15) is 0 Å². The van der Waals surface area contributed by atoms with Crippen LogP contribution in [0.5, 0.6) is 5.75 Å². The molecule has 1 aromatic rings. The third-order valence-corrected chi connectivity index (χ3v) is 4.85. The molecule has 1 aromatic carbocycles. The Hall–Kier alpha value is -2.28. The lowest BCUT2D eigenvalue weighted by molar-refractivity contribution is 0.0952. The number of phenols is 1. The molecule has 7 nitrogen and oxygen atoms in total. The first kappa shape index (κ1) is 21.0. The quantitative estimate of drug-likeness (QED) is 0.329. The molecule has 0 aliphatic carbocycles. The summed E-state index contributed by atoms with van der Waals surface area (Å²) < 4.78 is 0. The van der Waals surface area contributed by atoms with Gasteiger partial charge < -0.3 is 21.1 Å². The van der Waals surface area contributed by atoms with Crippen LogP contribution in [0.4, 0.5) is 0 Å². The number of rotatable bonds is 7. The van der Waals surface area contributed by atoms with Crippen LogP contribution in [0.1, 0.15) is 38.1 Å². The fraction of sp³-hybridized carbons (Fsp3) is 0.600. The van der Waals surface area contributed by atoms with Crippen LogP contribution in [0.25, 0.3) is 0 Å². The first-order chi connectivity index (χ1) is 12.9. The lowest BCUT2D eigenvalue weighted by Crippen LogP contribution is -2.47. The predicted octanol–water partition coefficient (Wildman–Crippen LogP) is 1.41. The van der Waals surface area contributed by atoms with Crippen LogP contribution in [-0.2, 0) is 0 Å². The maximum atomic E-state index is 12.1. The van der Waals surface area contributed by atoms with E-state index in [2.05, 4.69) is 46.6 Å². The van der Waals surface area contributed by atoms with E-state index in [-0.39, 0.29) is 17.2 Å². The SMILES string of the molecule is CCNC(=NCCNC(=O)c1ccccc1O)NC1CN(C(C)C)CC1C. The molecule has 2 rings (SSSR count). The molecule has 1 saturated heterocycles. The molecule has 1 heterocycles. The minimum absolute atomic E-state index is 0.0153. The van der Waals surface area contributed by atoms with Crippen molar-refractivity contribution in [3.63, 3.8) is 0 Å². The molecule has 0 saturated carbocycles. The summed E-state index contributed by atoms with van der Waals surface area (Å²) in [4.78, 5) is 19.1. The van der Waals surface area contributed by atoms with Gasteiger partial charge in [-0.1, -0.05) is 19.1 Å². The van der Waals surface area contributed by atoms with Crippen LogP contribution in [-0.4, -0.2) is 66.7 Å². The number of benzene rings is 1. The summed E-state index contributed by atoms with van der Waals surface area (Å²) in [6.45, 7) is 12.5. The highest BCUT2D eigenvalue weighted by Crippen LogP contribution is 2.18. The molecule has 1 amide bonds. The average Bonchev–Trinajstić information content (AvgIpc) is 3.00. The first-order valence-corrected chi connectivity index (χ1v) is 9.77. The van der Waals surface area contributed by atoms with Crippen molar-refractivity contribution in [2.24, 2.45) is 10.9 Å². The Morgan fingerprint density at radius 2 is 2.04 bits per heavy atom. The average molecular weight is 376 g/mol. The number of likely N-dealkylation sites (tertiary alicyclic amines) is 1. The number of para-hydroxylation sites is 1. The fourth-order valence-corrected chi connectivity index (χ4v) is 3.21. The number of carbonyl (C=O) groups excluding carboxylic acids is 1. The van der Waals surface area contributed by atoms with E-state index >= 15 is 0 Å². The summed E-state index contributed by atoms with van der Waals surface area (Å²) >= 11 is 0. The van der Waals surface area contributed by atoms with Crippen molar-refractivity contribution in [1.29, 1.82) is 0 Å². The van der Waals surface area contributed by atoms with Gasteiger partial charge in [-0.05, 0) is 38.8 Å². The second kappa shape index (κ2) is 10.2. The third-order valence-electron chi connectivity index (χ3n) is 4.85. The van der Waals surface area contributed by atoms with E-state index in [1.165, 1.54) is 6.07 Å². The fourth-order valence-electron chi connectivity index (χ4n) is 3.21. The van der Waals surface area contributed by atoms with Gasteiger partial charge in [0.05, 0.1) is 12.1 Å². The summed E-state index contributed by atoms with van der Waals surface area (Å²) in [7, 11) is 0. The number of guanidine groups is 1. The van der Waals surface area contributed by atoms with Crippen LogP contribution in [0.3, 0.4) is 0 Å².